The Labute approximate surface area is 155 Å². The van der Waals surface area contributed by atoms with Crippen molar-refractivity contribution in [1.29, 1.82) is 0 Å². The Morgan fingerprint density at radius 2 is 0.952 bits per heavy atom. The van der Waals surface area contributed by atoms with Crippen LogP contribution in [0.5, 0.6) is 0 Å². The van der Waals surface area contributed by atoms with Crippen LogP contribution < -0.4 is 12.4 Å². The van der Waals surface area contributed by atoms with Gasteiger partial charge in [0.05, 0.1) is 0 Å². The van der Waals surface area contributed by atoms with Gasteiger partial charge in [0.25, 0.3) is 0 Å². The zero-order chi connectivity index (χ0) is 12.2. The Kier molecular flexibility index (Phi) is 9.44. The topological polar surface area (TPSA) is 0 Å². The maximum atomic E-state index is 2.12. The summed E-state index contributed by atoms with van der Waals surface area (Å²) in [5.74, 6) is 0. The summed E-state index contributed by atoms with van der Waals surface area (Å²) in [5.41, 5.74) is 0. The van der Waals surface area contributed by atoms with E-state index in [2.05, 4.69) is 84.9 Å². The average molecular weight is 388 g/mol. The van der Waals surface area contributed by atoms with E-state index in [4.69, 9.17) is 0 Å². The van der Waals surface area contributed by atoms with Gasteiger partial charge >= 0.3 is 26.2 Å². The number of halogens is 1. The molecule has 4 aromatic carbocycles. The van der Waals surface area contributed by atoms with Crippen LogP contribution in [-0.2, 0) is 26.2 Å². The third-order valence-electron chi connectivity index (χ3n) is 3.10. The van der Waals surface area contributed by atoms with Crippen molar-refractivity contribution >= 4 is 32.5 Å². The normalized spacial score (nSPS) is 8.76. The second kappa shape index (κ2) is 9.89. The minimum absolute atomic E-state index is 0. The molecule has 0 saturated heterocycles. The summed E-state index contributed by atoms with van der Waals surface area (Å²) in [6.07, 6.45) is 0. The molecule has 2 radical (unpaired) electrons. The third-order valence-corrected chi connectivity index (χ3v) is 3.10. The molecule has 0 atom stereocenters. The molecule has 104 valence electrons. The van der Waals surface area contributed by atoms with Crippen LogP contribution in [0.3, 0.4) is 0 Å². The Bertz CT molecular complexity index is 631. The van der Waals surface area contributed by atoms with Crippen molar-refractivity contribution in [2.24, 2.45) is 0 Å². The first-order valence-electron chi connectivity index (χ1n) is 6.14. The standard InChI is InChI=1S/2C9H7.ClH.H3Si.Zr/c2*1-2-5-9-7-3-6-8(9)4-1;;;/h2*1-7H;1H;1H3;/q2*-1;;;+3/p-1. The Balaban J connectivity index is 0.000000333. The van der Waals surface area contributed by atoms with Crippen molar-refractivity contribution < 1.29 is 38.6 Å². The number of fused-ring (bicyclic) bond motifs is 2. The van der Waals surface area contributed by atoms with E-state index in [0.29, 0.717) is 0 Å². The third kappa shape index (κ3) is 5.07. The molecule has 0 spiro atoms. The first-order valence-corrected chi connectivity index (χ1v) is 6.14. The summed E-state index contributed by atoms with van der Waals surface area (Å²) in [6, 6.07) is 29.3. The Morgan fingerprint density at radius 3 is 1.33 bits per heavy atom. The van der Waals surface area contributed by atoms with Crippen molar-refractivity contribution in [2.45, 2.75) is 0 Å². The summed E-state index contributed by atoms with van der Waals surface area (Å²) >= 11 is 0. The molecule has 3 heteroatoms. The molecule has 0 bridgehead atoms. The number of hydrogen-bond acceptors (Lipinski definition) is 0. The molecule has 0 aliphatic rings. The molecule has 4 rings (SSSR count). The maximum Gasteiger partial charge on any atom is 3.00 e. The van der Waals surface area contributed by atoms with Gasteiger partial charge in [0.1, 0.15) is 0 Å². The molecule has 0 N–H and O–H groups in total. The van der Waals surface area contributed by atoms with Gasteiger partial charge in [0, 0.05) is 0 Å². The van der Waals surface area contributed by atoms with Crippen LogP contribution in [0.4, 0.5) is 0 Å². The average Bonchev–Trinajstić information content (AvgIpc) is 3.08. The van der Waals surface area contributed by atoms with Gasteiger partial charge in [-0.25, -0.2) is 0 Å². The van der Waals surface area contributed by atoms with Gasteiger partial charge in [-0.1, -0.05) is 12.1 Å². The molecule has 0 unspecified atom stereocenters. The second-order valence-electron chi connectivity index (χ2n) is 4.31. The number of rotatable bonds is 0. The fraction of sp³-hybridized carbons (Fsp3) is 0. The molecule has 0 nitrogen and oxygen atoms in total. The summed E-state index contributed by atoms with van der Waals surface area (Å²) in [4.78, 5) is 0. The fourth-order valence-corrected chi connectivity index (χ4v) is 2.14. The van der Waals surface area contributed by atoms with Gasteiger partial charge in [0.15, 0.2) is 0 Å². The second-order valence-corrected chi connectivity index (χ2v) is 4.31. The quantitative estimate of drug-likeness (QED) is 0.311. The minimum atomic E-state index is 0. The largest absolute Gasteiger partial charge is 3.00 e. The van der Waals surface area contributed by atoms with E-state index >= 15 is 0 Å². The van der Waals surface area contributed by atoms with Crippen LogP contribution in [0.25, 0.3) is 21.5 Å². The Hall–Kier alpha value is -0.950. The van der Waals surface area contributed by atoms with Gasteiger partial charge in [-0.05, 0) is 11.0 Å². The zero-order valence-corrected chi connectivity index (χ0v) is 17.2. The Morgan fingerprint density at radius 1 is 0.571 bits per heavy atom. The summed E-state index contributed by atoms with van der Waals surface area (Å²) in [6.45, 7) is 0. The van der Waals surface area contributed by atoms with E-state index in [1.807, 2.05) is 0 Å². The van der Waals surface area contributed by atoms with E-state index in [-0.39, 0.29) is 49.6 Å². The van der Waals surface area contributed by atoms with Crippen LogP contribution in [0.1, 0.15) is 0 Å². The molecular weight excluding hydrogens is 371 g/mol. The van der Waals surface area contributed by atoms with Crippen LogP contribution in [0.15, 0.2) is 84.9 Å². The molecule has 0 fully saturated rings. The fourth-order valence-electron chi connectivity index (χ4n) is 2.14. The summed E-state index contributed by atoms with van der Waals surface area (Å²) in [7, 11) is 0. The molecule has 0 aromatic heterocycles. The SMILES string of the molecule is [Cl-].[SiH3].[Zr+3].c1ccc2[cH-]ccc2c1.c1ccc2[cH-]ccc2c1. The van der Waals surface area contributed by atoms with E-state index in [1.165, 1.54) is 21.5 Å². The minimum Gasteiger partial charge on any atom is -1.00 e. The van der Waals surface area contributed by atoms with E-state index in [0.717, 1.165) is 0 Å². The van der Waals surface area contributed by atoms with E-state index in [1.54, 1.807) is 0 Å². The molecule has 0 heterocycles. The monoisotopic (exact) mass is 386 g/mol. The van der Waals surface area contributed by atoms with Crippen molar-refractivity contribution in [3.63, 3.8) is 0 Å². The van der Waals surface area contributed by atoms with Gasteiger partial charge in [-0.15, -0.1) is 59.3 Å². The van der Waals surface area contributed by atoms with Crippen LogP contribution in [0.2, 0.25) is 0 Å². The molecule has 21 heavy (non-hydrogen) atoms. The molecular formula is C18H17ClSiZr. The smallest absolute Gasteiger partial charge is 1.00 e. The van der Waals surface area contributed by atoms with Gasteiger partial charge in [0.2, 0.25) is 0 Å². The molecule has 0 aliphatic carbocycles. The van der Waals surface area contributed by atoms with Crippen molar-refractivity contribution in [3.05, 3.63) is 84.9 Å². The van der Waals surface area contributed by atoms with E-state index in [9.17, 15) is 0 Å². The van der Waals surface area contributed by atoms with Crippen molar-refractivity contribution in [1.82, 2.24) is 0 Å². The summed E-state index contributed by atoms with van der Waals surface area (Å²) < 4.78 is 0. The first kappa shape index (κ1) is 20.1. The molecule has 0 aliphatic heterocycles. The first-order chi connectivity index (χ1) is 8.93. The maximum absolute atomic E-state index is 2.12. The predicted molar refractivity (Wildman–Crippen MR) is 89.0 cm³/mol. The molecule has 0 saturated carbocycles. The van der Waals surface area contributed by atoms with Crippen LogP contribution >= 0.6 is 0 Å². The molecule has 4 aromatic rings. The predicted octanol–water partition coefficient (Wildman–Crippen LogP) is 0.935. The van der Waals surface area contributed by atoms with Crippen molar-refractivity contribution in [3.8, 4) is 0 Å². The molecule has 0 amide bonds. The van der Waals surface area contributed by atoms with Crippen LogP contribution in [-0.4, -0.2) is 11.0 Å². The zero-order valence-electron chi connectivity index (χ0n) is 12.0. The van der Waals surface area contributed by atoms with Gasteiger partial charge in [-0.3, -0.25) is 0 Å². The number of benzene rings is 2. The van der Waals surface area contributed by atoms with Gasteiger partial charge in [-0.2, -0.15) is 35.0 Å². The summed E-state index contributed by atoms with van der Waals surface area (Å²) in [5, 5.41) is 5.32. The van der Waals surface area contributed by atoms with Crippen molar-refractivity contribution in [2.75, 3.05) is 0 Å². The van der Waals surface area contributed by atoms with E-state index < -0.39 is 0 Å². The van der Waals surface area contributed by atoms with Crippen LogP contribution in [0, 0.1) is 0 Å². The number of hydrogen-bond donors (Lipinski definition) is 0. The van der Waals surface area contributed by atoms with Gasteiger partial charge < -0.3 is 12.4 Å².